The average Bonchev–Trinajstić information content (AvgIpc) is 2.18. The minimum Gasteiger partial charge on any atom is -0.303 e. The Bertz CT molecular complexity index is 111. The molecule has 14 heavy (non-hydrogen) atoms. The average molecular weight is 264 g/mol. The second-order valence-corrected chi connectivity index (χ2v) is 4.76. The van der Waals surface area contributed by atoms with Crippen LogP contribution >= 0.6 is 15.9 Å². The van der Waals surface area contributed by atoms with Gasteiger partial charge in [-0.1, -0.05) is 43.1 Å². The van der Waals surface area contributed by atoms with Crippen LogP contribution in [0.2, 0.25) is 0 Å². The van der Waals surface area contributed by atoms with Crippen LogP contribution in [0.1, 0.15) is 46.5 Å². The van der Waals surface area contributed by atoms with Crippen molar-refractivity contribution in [2.45, 2.75) is 46.5 Å². The summed E-state index contributed by atoms with van der Waals surface area (Å²) in [6.07, 6.45) is 5.22. The summed E-state index contributed by atoms with van der Waals surface area (Å²) in [5, 5.41) is 1.16. The molecule has 0 rings (SSSR count). The van der Waals surface area contributed by atoms with Gasteiger partial charge in [-0.2, -0.15) is 0 Å². The summed E-state index contributed by atoms with van der Waals surface area (Å²) in [5.41, 5.74) is 0. The van der Waals surface area contributed by atoms with Crippen LogP contribution in [-0.4, -0.2) is 29.9 Å². The van der Waals surface area contributed by atoms with E-state index in [-0.39, 0.29) is 0 Å². The van der Waals surface area contributed by atoms with Crippen molar-refractivity contribution in [3.8, 4) is 0 Å². The van der Waals surface area contributed by atoms with Crippen molar-refractivity contribution in [2.75, 3.05) is 25.0 Å². The van der Waals surface area contributed by atoms with Gasteiger partial charge in [0.25, 0.3) is 0 Å². The van der Waals surface area contributed by atoms with E-state index in [1.807, 2.05) is 0 Å². The van der Waals surface area contributed by atoms with Crippen molar-refractivity contribution in [3.05, 3.63) is 0 Å². The standard InChI is InChI=1S/C12H26BrN/c1-4-7-12(10-13)11-14(8-5-2)9-6-3/h12H,4-11H2,1-3H3. The number of hydrogen-bond acceptors (Lipinski definition) is 1. The van der Waals surface area contributed by atoms with Gasteiger partial charge in [0.2, 0.25) is 0 Å². The van der Waals surface area contributed by atoms with E-state index in [1.165, 1.54) is 45.3 Å². The third-order valence-corrected chi connectivity index (χ3v) is 3.43. The number of alkyl halides is 1. The molecular weight excluding hydrogens is 238 g/mol. The number of rotatable bonds is 9. The van der Waals surface area contributed by atoms with Crippen LogP contribution in [0.4, 0.5) is 0 Å². The first-order valence-electron chi connectivity index (χ1n) is 6.06. The van der Waals surface area contributed by atoms with Crippen molar-refractivity contribution in [3.63, 3.8) is 0 Å². The molecule has 0 aliphatic carbocycles. The Balaban J connectivity index is 3.83. The predicted octanol–water partition coefficient (Wildman–Crippen LogP) is 3.92. The normalized spacial score (nSPS) is 13.5. The maximum Gasteiger partial charge on any atom is 0.00718 e. The largest absolute Gasteiger partial charge is 0.303 e. The molecule has 0 spiro atoms. The van der Waals surface area contributed by atoms with Gasteiger partial charge < -0.3 is 4.90 Å². The van der Waals surface area contributed by atoms with Crippen molar-refractivity contribution in [1.29, 1.82) is 0 Å². The maximum atomic E-state index is 3.62. The zero-order valence-electron chi connectivity index (χ0n) is 10.1. The molecule has 2 heteroatoms. The summed E-state index contributed by atoms with van der Waals surface area (Å²) in [6, 6.07) is 0. The van der Waals surface area contributed by atoms with Gasteiger partial charge in [0.05, 0.1) is 0 Å². The fourth-order valence-electron chi connectivity index (χ4n) is 1.92. The molecule has 0 radical (unpaired) electrons. The molecule has 0 heterocycles. The molecule has 0 saturated heterocycles. The molecule has 0 aromatic heterocycles. The second kappa shape index (κ2) is 9.97. The Morgan fingerprint density at radius 3 is 1.93 bits per heavy atom. The molecule has 0 N–H and O–H groups in total. The highest BCUT2D eigenvalue weighted by Crippen LogP contribution is 2.12. The van der Waals surface area contributed by atoms with Crippen LogP contribution in [0.15, 0.2) is 0 Å². The summed E-state index contributed by atoms with van der Waals surface area (Å²) in [6.45, 7) is 10.6. The third kappa shape index (κ3) is 6.83. The Labute approximate surface area is 98.4 Å². The van der Waals surface area contributed by atoms with E-state index in [9.17, 15) is 0 Å². The first-order valence-corrected chi connectivity index (χ1v) is 7.18. The molecule has 0 amide bonds. The lowest BCUT2D eigenvalue weighted by Crippen LogP contribution is -2.31. The molecule has 0 bridgehead atoms. The van der Waals surface area contributed by atoms with Crippen LogP contribution in [0.25, 0.3) is 0 Å². The zero-order valence-corrected chi connectivity index (χ0v) is 11.6. The quantitative estimate of drug-likeness (QED) is 0.570. The fraction of sp³-hybridized carbons (Fsp3) is 1.00. The van der Waals surface area contributed by atoms with Crippen LogP contribution in [0.5, 0.6) is 0 Å². The van der Waals surface area contributed by atoms with Crippen molar-refractivity contribution in [1.82, 2.24) is 4.90 Å². The number of hydrogen-bond donors (Lipinski definition) is 0. The van der Waals surface area contributed by atoms with Gasteiger partial charge in [0, 0.05) is 11.9 Å². The Morgan fingerprint density at radius 1 is 1.00 bits per heavy atom. The summed E-state index contributed by atoms with van der Waals surface area (Å²) >= 11 is 3.62. The Kier molecular flexibility index (Phi) is 10.3. The highest BCUT2D eigenvalue weighted by Gasteiger charge is 2.11. The van der Waals surface area contributed by atoms with Gasteiger partial charge in [-0.15, -0.1) is 0 Å². The minimum atomic E-state index is 0.845. The Hall–Kier alpha value is 0.440. The fourth-order valence-corrected chi connectivity index (χ4v) is 2.45. The first kappa shape index (κ1) is 14.4. The molecule has 86 valence electrons. The van der Waals surface area contributed by atoms with Crippen LogP contribution in [0.3, 0.4) is 0 Å². The predicted molar refractivity (Wildman–Crippen MR) is 69.2 cm³/mol. The molecule has 0 aromatic carbocycles. The van der Waals surface area contributed by atoms with E-state index in [4.69, 9.17) is 0 Å². The van der Waals surface area contributed by atoms with E-state index < -0.39 is 0 Å². The molecule has 0 aliphatic heterocycles. The van der Waals surface area contributed by atoms with Crippen molar-refractivity contribution < 1.29 is 0 Å². The van der Waals surface area contributed by atoms with Gasteiger partial charge >= 0.3 is 0 Å². The number of nitrogens with zero attached hydrogens (tertiary/aromatic N) is 1. The second-order valence-electron chi connectivity index (χ2n) is 4.11. The maximum absolute atomic E-state index is 3.62. The van der Waals surface area contributed by atoms with E-state index >= 15 is 0 Å². The smallest absolute Gasteiger partial charge is 0.00718 e. The molecule has 0 saturated carbocycles. The molecular formula is C12H26BrN. The zero-order chi connectivity index (χ0) is 10.8. The molecule has 0 fully saturated rings. The van der Waals surface area contributed by atoms with Gasteiger partial charge in [0.15, 0.2) is 0 Å². The van der Waals surface area contributed by atoms with E-state index in [2.05, 4.69) is 41.6 Å². The SMILES string of the molecule is CCCC(CBr)CN(CCC)CCC. The summed E-state index contributed by atoms with van der Waals surface area (Å²) in [4.78, 5) is 2.61. The molecule has 0 aliphatic rings. The van der Waals surface area contributed by atoms with Crippen LogP contribution in [-0.2, 0) is 0 Å². The van der Waals surface area contributed by atoms with Gasteiger partial charge in [-0.05, 0) is 38.3 Å². The highest BCUT2D eigenvalue weighted by atomic mass is 79.9. The Morgan fingerprint density at radius 2 is 1.57 bits per heavy atom. The van der Waals surface area contributed by atoms with E-state index in [0.717, 1.165) is 11.2 Å². The summed E-state index contributed by atoms with van der Waals surface area (Å²) < 4.78 is 0. The monoisotopic (exact) mass is 263 g/mol. The highest BCUT2D eigenvalue weighted by molar-refractivity contribution is 9.09. The summed E-state index contributed by atoms with van der Waals surface area (Å²) in [7, 11) is 0. The number of halogens is 1. The molecule has 1 atom stereocenters. The lowest BCUT2D eigenvalue weighted by Gasteiger charge is -2.25. The van der Waals surface area contributed by atoms with Crippen molar-refractivity contribution in [2.24, 2.45) is 5.92 Å². The van der Waals surface area contributed by atoms with Crippen LogP contribution in [0, 0.1) is 5.92 Å². The van der Waals surface area contributed by atoms with Crippen molar-refractivity contribution >= 4 is 15.9 Å². The van der Waals surface area contributed by atoms with Gasteiger partial charge in [0.1, 0.15) is 0 Å². The molecule has 0 aromatic rings. The van der Waals surface area contributed by atoms with E-state index in [0.29, 0.717) is 0 Å². The molecule has 1 nitrogen and oxygen atoms in total. The van der Waals surface area contributed by atoms with Crippen LogP contribution < -0.4 is 0 Å². The van der Waals surface area contributed by atoms with E-state index in [1.54, 1.807) is 0 Å². The lowest BCUT2D eigenvalue weighted by atomic mass is 10.1. The van der Waals surface area contributed by atoms with Gasteiger partial charge in [-0.25, -0.2) is 0 Å². The van der Waals surface area contributed by atoms with Gasteiger partial charge in [-0.3, -0.25) is 0 Å². The lowest BCUT2D eigenvalue weighted by molar-refractivity contribution is 0.234. The minimum absolute atomic E-state index is 0.845. The topological polar surface area (TPSA) is 3.24 Å². The third-order valence-electron chi connectivity index (χ3n) is 2.51. The molecule has 1 unspecified atom stereocenters. The first-order chi connectivity index (χ1) is 6.78. The summed E-state index contributed by atoms with van der Waals surface area (Å²) in [5.74, 6) is 0.845.